The molecule has 0 spiro atoms. The first-order valence-electron chi connectivity index (χ1n) is 5.02. The normalized spacial score (nSPS) is 10.4. The smallest absolute Gasteiger partial charge is 0.106 e. The molecule has 2 N–H and O–H groups in total. The average molecular weight is 281 g/mol. The average Bonchev–Trinajstić information content (AvgIpc) is 2.59. The van der Waals surface area contributed by atoms with Gasteiger partial charge >= 0.3 is 0 Å². The summed E-state index contributed by atoms with van der Waals surface area (Å²) in [4.78, 5) is 4.15. The van der Waals surface area contributed by atoms with E-state index in [-0.39, 0.29) is 0 Å². The van der Waals surface area contributed by atoms with Gasteiger partial charge in [0, 0.05) is 17.8 Å². The molecule has 0 fully saturated rings. The van der Waals surface area contributed by atoms with Crippen molar-refractivity contribution in [3.05, 3.63) is 39.9 Å². The largest absolute Gasteiger partial charge is 0.380 e. The maximum atomic E-state index is 4.15. The van der Waals surface area contributed by atoms with E-state index in [1.54, 1.807) is 6.20 Å². The van der Waals surface area contributed by atoms with E-state index >= 15 is 0 Å². The number of pyridine rings is 1. The first kappa shape index (κ1) is 11.1. The number of H-pyrrole nitrogens is 1. The molecule has 0 saturated heterocycles. The summed E-state index contributed by atoms with van der Waals surface area (Å²) < 4.78 is 0.841. The quantitative estimate of drug-likeness (QED) is 0.851. The number of rotatable bonds is 3. The highest BCUT2D eigenvalue weighted by Gasteiger charge is 2.05. The van der Waals surface area contributed by atoms with Crippen LogP contribution in [0.4, 0.5) is 5.69 Å². The maximum absolute atomic E-state index is 4.15. The van der Waals surface area contributed by atoms with Crippen molar-refractivity contribution in [1.29, 1.82) is 0 Å². The number of aryl methyl sites for hydroxylation is 2. The van der Waals surface area contributed by atoms with Gasteiger partial charge in [0.15, 0.2) is 0 Å². The van der Waals surface area contributed by atoms with Gasteiger partial charge in [-0.3, -0.25) is 5.10 Å². The maximum Gasteiger partial charge on any atom is 0.106 e. The third kappa shape index (κ3) is 2.41. The highest BCUT2D eigenvalue weighted by molar-refractivity contribution is 9.10. The van der Waals surface area contributed by atoms with Crippen LogP contribution in [0.3, 0.4) is 0 Å². The minimum atomic E-state index is 0.761. The Morgan fingerprint density at radius 1 is 1.38 bits per heavy atom. The van der Waals surface area contributed by atoms with Crippen LogP contribution in [0.25, 0.3) is 0 Å². The van der Waals surface area contributed by atoms with Gasteiger partial charge in [-0.2, -0.15) is 5.10 Å². The van der Waals surface area contributed by atoms with Crippen LogP contribution in [-0.4, -0.2) is 15.2 Å². The lowest BCUT2D eigenvalue weighted by atomic mass is 10.2. The number of halogens is 1. The molecule has 0 amide bonds. The molecule has 2 aromatic rings. The second kappa shape index (κ2) is 4.65. The lowest BCUT2D eigenvalue weighted by Gasteiger charge is -2.06. The van der Waals surface area contributed by atoms with Gasteiger partial charge < -0.3 is 5.32 Å². The molecule has 16 heavy (non-hydrogen) atoms. The topological polar surface area (TPSA) is 53.6 Å². The van der Waals surface area contributed by atoms with Crippen molar-refractivity contribution >= 4 is 21.6 Å². The summed E-state index contributed by atoms with van der Waals surface area (Å²) in [6, 6.07) is 3.90. The molecule has 2 heterocycles. The minimum absolute atomic E-state index is 0.761. The predicted molar refractivity (Wildman–Crippen MR) is 67.3 cm³/mol. The van der Waals surface area contributed by atoms with Crippen molar-refractivity contribution < 1.29 is 0 Å². The lowest BCUT2D eigenvalue weighted by molar-refractivity contribution is 1.02. The van der Waals surface area contributed by atoms with E-state index in [2.05, 4.69) is 36.4 Å². The van der Waals surface area contributed by atoms with Crippen LogP contribution in [0.5, 0.6) is 0 Å². The highest BCUT2D eigenvalue weighted by atomic mass is 79.9. The fourth-order valence-electron chi connectivity index (χ4n) is 1.51. The number of hydrogen-bond acceptors (Lipinski definition) is 3. The first-order valence-corrected chi connectivity index (χ1v) is 5.82. The standard InChI is InChI=1S/C11H13BrN4/c1-7-10(8(2)16-15-7)6-13-9-3-4-11(12)14-5-9/h3-5,13H,6H2,1-2H3,(H,15,16). The summed E-state index contributed by atoms with van der Waals surface area (Å²) in [5.74, 6) is 0. The molecular formula is C11H13BrN4. The van der Waals surface area contributed by atoms with Crippen molar-refractivity contribution in [2.24, 2.45) is 0 Å². The first-order chi connectivity index (χ1) is 7.66. The molecule has 84 valence electrons. The van der Waals surface area contributed by atoms with E-state index in [9.17, 15) is 0 Å². The fraction of sp³-hybridized carbons (Fsp3) is 0.273. The number of nitrogens with one attached hydrogen (secondary N) is 2. The van der Waals surface area contributed by atoms with Gasteiger partial charge in [0.2, 0.25) is 0 Å². The van der Waals surface area contributed by atoms with Crippen molar-refractivity contribution in [2.45, 2.75) is 20.4 Å². The van der Waals surface area contributed by atoms with Crippen molar-refractivity contribution in [3.8, 4) is 0 Å². The summed E-state index contributed by atoms with van der Waals surface area (Å²) in [7, 11) is 0. The molecule has 2 aromatic heterocycles. The number of aromatic amines is 1. The van der Waals surface area contributed by atoms with Crippen LogP contribution in [0.15, 0.2) is 22.9 Å². The van der Waals surface area contributed by atoms with Crippen LogP contribution in [0, 0.1) is 13.8 Å². The Morgan fingerprint density at radius 2 is 2.19 bits per heavy atom. The molecule has 0 aliphatic carbocycles. The highest BCUT2D eigenvalue weighted by Crippen LogP contribution is 2.14. The number of aromatic nitrogens is 3. The van der Waals surface area contributed by atoms with E-state index in [1.807, 2.05) is 26.0 Å². The van der Waals surface area contributed by atoms with Gasteiger partial charge in [-0.25, -0.2) is 4.98 Å². The molecule has 0 aromatic carbocycles. The Hall–Kier alpha value is -1.36. The van der Waals surface area contributed by atoms with E-state index in [0.717, 1.165) is 28.2 Å². The molecule has 0 atom stereocenters. The van der Waals surface area contributed by atoms with Gasteiger partial charge in [-0.05, 0) is 41.9 Å². The molecule has 0 bridgehead atoms. The molecule has 0 unspecified atom stereocenters. The summed E-state index contributed by atoms with van der Waals surface area (Å²) in [6.45, 7) is 4.79. The molecule has 0 saturated carbocycles. The Morgan fingerprint density at radius 3 is 2.75 bits per heavy atom. The van der Waals surface area contributed by atoms with Gasteiger partial charge in [-0.15, -0.1) is 0 Å². The molecule has 0 radical (unpaired) electrons. The van der Waals surface area contributed by atoms with Crippen molar-refractivity contribution in [2.75, 3.05) is 5.32 Å². The number of nitrogens with zero attached hydrogens (tertiary/aromatic N) is 2. The van der Waals surface area contributed by atoms with Gasteiger partial charge in [-0.1, -0.05) is 0 Å². The number of anilines is 1. The second-order valence-corrected chi connectivity index (χ2v) is 4.45. The number of hydrogen-bond donors (Lipinski definition) is 2. The zero-order valence-corrected chi connectivity index (χ0v) is 10.8. The summed E-state index contributed by atoms with van der Waals surface area (Å²) in [5, 5.41) is 10.4. The fourth-order valence-corrected chi connectivity index (χ4v) is 1.74. The van der Waals surface area contributed by atoms with Gasteiger partial charge in [0.05, 0.1) is 17.6 Å². The van der Waals surface area contributed by atoms with Crippen LogP contribution < -0.4 is 5.32 Å². The Labute approximate surface area is 103 Å². The van der Waals surface area contributed by atoms with Crippen LogP contribution in [-0.2, 0) is 6.54 Å². The van der Waals surface area contributed by atoms with E-state index in [4.69, 9.17) is 0 Å². The zero-order chi connectivity index (χ0) is 11.5. The third-order valence-electron chi connectivity index (χ3n) is 2.48. The van der Waals surface area contributed by atoms with Gasteiger partial charge in [0.25, 0.3) is 0 Å². The molecule has 0 aliphatic heterocycles. The molecular weight excluding hydrogens is 268 g/mol. The van der Waals surface area contributed by atoms with E-state index in [1.165, 1.54) is 5.56 Å². The Balaban J connectivity index is 2.05. The molecule has 4 nitrogen and oxygen atoms in total. The Bertz CT molecular complexity index is 456. The molecule has 0 aliphatic rings. The lowest BCUT2D eigenvalue weighted by Crippen LogP contribution is -2.01. The van der Waals surface area contributed by atoms with Gasteiger partial charge in [0.1, 0.15) is 4.60 Å². The van der Waals surface area contributed by atoms with Crippen molar-refractivity contribution in [1.82, 2.24) is 15.2 Å². The second-order valence-electron chi connectivity index (χ2n) is 3.64. The Kier molecular flexibility index (Phi) is 3.24. The SMILES string of the molecule is Cc1n[nH]c(C)c1CNc1ccc(Br)nc1. The molecule has 2 rings (SSSR count). The van der Waals surface area contributed by atoms with Crippen LogP contribution in [0.2, 0.25) is 0 Å². The van der Waals surface area contributed by atoms with E-state index < -0.39 is 0 Å². The summed E-state index contributed by atoms with van der Waals surface area (Å²) in [6.07, 6.45) is 1.80. The monoisotopic (exact) mass is 280 g/mol. The predicted octanol–water partition coefficient (Wildman–Crippen LogP) is 2.80. The summed E-state index contributed by atoms with van der Waals surface area (Å²) in [5.41, 5.74) is 4.36. The van der Waals surface area contributed by atoms with E-state index in [0.29, 0.717) is 0 Å². The summed E-state index contributed by atoms with van der Waals surface area (Å²) >= 11 is 3.30. The van der Waals surface area contributed by atoms with Crippen LogP contribution >= 0.6 is 15.9 Å². The minimum Gasteiger partial charge on any atom is -0.380 e. The molecule has 5 heteroatoms. The zero-order valence-electron chi connectivity index (χ0n) is 9.21. The van der Waals surface area contributed by atoms with Crippen molar-refractivity contribution in [3.63, 3.8) is 0 Å². The van der Waals surface area contributed by atoms with Crippen LogP contribution in [0.1, 0.15) is 17.0 Å². The third-order valence-corrected chi connectivity index (χ3v) is 2.95.